The van der Waals surface area contributed by atoms with Crippen LogP contribution in [-0.4, -0.2) is 25.6 Å². The number of carbonyl (C=O) groups excluding carboxylic acids is 1. The summed E-state index contributed by atoms with van der Waals surface area (Å²) in [6.07, 6.45) is 1.93. The van der Waals surface area contributed by atoms with E-state index in [1.54, 1.807) is 25.1 Å². The van der Waals surface area contributed by atoms with E-state index >= 15 is 0 Å². The number of benzene rings is 2. The van der Waals surface area contributed by atoms with Crippen LogP contribution in [0.2, 0.25) is 0 Å². The van der Waals surface area contributed by atoms with Gasteiger partial charge in [-0.2, -0.15) is 0 Å². The maximum atomic E-state index is 12.6. The molecule has 27 heavy (non-hydrogen) atoms. The van der Waals surface area contributed by atoms with Crippen molar-refractivity contribution in [3.05, 3.63) is 65.2 Å². The topological polar surface area (TPSA) is 88.2 Å². The lowest BCUT2D eigenvalue weighted by Crippen LogP contribution is -2.12. The molecular weight excluding hydrogens is 402 g/mol. The second kappa shape index (κ2) is 8.12. The van der Waals surface area contributed by atoms with E-state index in [1.807, 2.05) is 30.5 Å². The molecule has 1 heterocycles. The summed E-state index contributed by atoms with van der Waals surface area (Å²) in [4.78, 5) is 18.3. The highest BCUT2D eigenvalue weighted by Gasteiger charge is 2.20. The normalized spacial score (nSPS) is 11.2. The van der Waals surface area contributed by atoms with Gasteiger partial charge in [-0.05, 0) is 37.4 Å². The minimum atomic E-state index is -3.75. The molecular formula is C18H17N3O3S3. The number of hydrogen-bond donors (Lipinski definition) is 2. The van der Waals surface area contributed by atoms with Crippen molar-refractivity contribution in [3.63, 3.8) is 0 Å². The Kier molecular flexibility index (Phi) is 5.83. The first-order valence-corrected chi connectivity index (χ1v) is 11.4. The lowest BCUT2D eigenvalue weighted by atomic mass is 10.3. The maximum absolute atomic E-state index is 12.6. The van der Waals surface area contributed by atoms with Crippen LogP contribution in [0.25, 0.3) is 0 Å². The number of thioether (sulfide) groups is 1. The highest BCUT2D eigenvalue weighted by atomic mass is 32.2. The van der Waals surface area contributed by atoms with Gasteiger partial charge in [0.1, 0.15) is 4.88 Å². The van der Waals surface area contributed by atoms with Crippen molar-refractivity contribution < 1.29 is 13.2 Å². The molecule has 0 aliphatic rings. The van der Waals surface area contributed by atoms with Crippen LogP contribution in [0.4, 0.5) is 10.8 Å². The minimum absolute atomic E-state index is 0.137. The number of thiazole rings is 1. The summed E-state index contributed by atoms with van der Waals surface area (Å²) >= 11 is 2.53. The number of anilines is 2. The smallest absolute Gasteiger partial charge is 0.267 e. The number of aromatic nitrogens is 1. The molecule has 0 aliphatic carbocycles. The molecule has 0 unspecified atom stereocenters. The predicted molar refractivity (Wildman–Crippen MR) is 110 cm³/mol. The molecule has 9 heteroatoms. The van der Waals surface area contributed by atoms with Crippen molar-refractivity contribution in [3.8, 4) is 0 Å². The zero-order valence-corrected chi connectivity index (χ0v) is 17.0. The molecule has 0 spiro atoms. The molecule has 0 bridgehead atoms. The van der Waals surface area contributed by atoms with E-state index in [2.05, 4.69) is 15.0 Å². The van der Waals surface area contributed by atoms with Gasteiger partial charge in [-0.15, -0.1) is 11.8 Å². The molecule has 2 N–H and O–H groups in total. The predicted octanol–water partition coefficient (Wildman–Crippen LogP) is 4.23. The number of sulfonamides is 1. The van der Waals surface area contributed by atoms with Crippen LogP contribution >= 0.6 is 23.1 Å². The molecule has 0 fully saturated rings. The SMILES string of the molecule is CSc1ccccc1NC(=O)c1sc(NS(=O)(=O)c2ccccc2)nc1C. The molecule has 0 saturated heterocycles. The number of para-hydroxylation sites is 1. The number of carbonyl (C=O) groups is 1. The van der Waals surface area contributed by atoms with Crippen molar-refractivity contribution in [2.24, 2.45) is 0 Å². The number of aryl methyl sites for hydroxylation is 1. The first kappa shape index (κ1) is 19.4. The molecule has 1 amide bonds. The number of nitrogens with one attached hydrogen (secondary N) is 2. The van der Waals surface area contributed by atoms with Crippen LogP contribution < -0.4 is 10.0 Å². The number of nitrogens with zero attached hydrogens (tertiary/aromatic N) is 1. The van der Waals surface area contributed by atoms with Crippen molar-refractivity contribution in [1.29, 1.82) is 0 Å². The van der Waals surface area contributed by atoms with E-state index in [1.165, 1.54) is 23.9 Å². The van der Waals surface area contributed by atoms with Gasteiger partial charge in [0.2, 0.25) is 0 Å². The first-order valence-electron chi connectivity index (χ1n) is 7.90. The summed E-state index contributed by atoms with van der Waals surface area (Å²) in [6.45, 7) is 1.67. The van der Waals surface area contributed by atoms with Crippen molar-refractivity contribution >= 4 is 49.8 Å². The second-order valence-corrected chi connectivity index (χ2v) is 9.04. The standard InChI is InChI=1S/C18H17N3O3S3/c1-12-16(17(22)20-14-10-6-7-11-15(14)25-2)26-18(19-12)21-27(23,24)13-8-4-3-5-9-13/h3-11H,1-2H3,(H,19,21)(H,20,22). The Hall–Kier alpha value is -2.36. The molecule has 0 atom stereocenters. The molecule has 1 aromatic heterocycles. The highest BCUT2D eigenvalue weighted by Crippen LogP contribution is 2.28. The van der Waals surface area contributed by atoms with Gasteiger partial charge in [0.05, 0.1) is 16.3 Å². The van der Waals surface area contributed by atoms with Crippen molar-refractivity contribution in [2.75, 3.05) is 16.3 Å². The molecule has 0 radical (unpaired) electrons. The average molecular weight is 420 g/mol. The van der Waals surface area contributed by atoms with Crippen molar-refractivity contribution in [1.82, 2.24) is 4.98 Å². The number of hydrogen-bond acceptors (Lipinski definition) is 6. The Morgan fingerprint density at radius 2 is 1.74 bits per heavy atom. The van der Waals surface area contributed by atoms with Crippen LogP contribution in [0.5, 0.6) is 0 Å². The van der Waals surface area contributed by atoms with Gasteiger partial charge in [0.15, 0.2) is 5.13 Å². The van der Waals surface area contributed by atoms with E-state index in [0.717, 1.165) is 16.2 Å². The van der Waals surface area contributed by atoms with E-state index < -0.39 is 10.0 Å². The lowest BCUT2D eigenvalue weighted by Gasteiger charge is -2.08. The molecule has 3 rings (SSSR count). The third kappa shape index (κ3) is 4.49. The monoisotopic (exact) mass is 419 g/mol. The fourth-order valence-corrected chi connectivity index (χ4v) is 5.02. The van der Waals surface area contributed by atoms with Crippen LogP contribution in [-0.2, 0) is 10.0 Å². The van der Waals surface area contributed by atoms with E-state index in [0.29, 0.717) is 16.3 Å². The Morgan fingerprint density at radius 1 is 1.07 bits per heavy atom. The fraction of sp³-hybridized carbons (Fsp3) is 0.111. The Labute approximate surface area is 166 Å². The first-order chi connectivity index (χ1) is 12.9. The highest BCUT2D eigenvalue weighted by molar-refractivity contribution is 7.98. The van der Waals surface area contributed by atoms with E-state index in [-0.39, 0.29) is 15.9 Å². The quantitative estimate of drug-likeness (QED) is 0.584. The fourth-order valence-electron chi connectivity index (χ4n) is 2.35. The van der Waals surface area contributed by atoms with Gasteiger partial charge in [0.25, 0.3) is 15.9 Å². The van der Waals surface area contributed by atoms with E-state index in [9.17, 15) is 13.2 Å². The van der Waals surface area contributed by atoms with E-state index in [4.69, 9.17) is 0 Å². The zero-order chi connectivity index (χ0) is 19.4. The molecule has 140 valence electrons. The second-order valence-electron chi connectivity index (χ2n) is 5.51. The lowest BCUT2D eigenvalue weighted by molar-refractivity contribution is 0.102. The van der Waals surface area contributed by atoms with Crippen LogP contribution in [0, 0.1) is 6.92 Å². The Morgan fingerprint density at radius 3 is 2.44 bits per heavy atom. The van der Waals surface area contributed by atoms with Gasteiger partial charge in [0, 0.05) is 4.90 Å². The molecule has 2 aromatic carbocycles. The van der Waals surface area contributed by atoms with Crippen LogP contribution in [0.3, 0.4) is 0 Å². The van der Waals surface area contributed by atoms with Gasteiger partial charge in [-0.1, -0.05) is 41.7 Å². The molecule has 6 nitrogen and oxygen atoms in total. The maximum Gasteiger partial charge on any atom is 0.267 e. The summed E-state index contributed by atoms with van der Waals surface area (Å²) in [6, 6.07) is 15.5. The van der Waals surface area contributed by atoms with Gasteiger partial charge >= 0.3 is 0 Å². The summed E-state index contributed by atoms with van der Waals surface area (Å²) in [5.74, 6) is -0.323. The minimum Gasteiger partial charge on any atom is -0.320 e. The number of rotatable bonds is 6. The Balaban J connectivity index is 1.81. The molecule has 3 aromatic rings. The number of amides is 1. The largest absolute Gasteiger partial charge is 0.320 e. The molecule has 0 aliphatic heterocycles. The van der Waals surface area contributed by atoms with Crippen molar-refractivity contribution in [2.45, 2.75) is 16.7 Å². The molecule has 0 saturated carbocycles. The van der Waals surface area contributed by atoms with Crippen LogP contribution in [0.1, 0.15) is 15.4 Å². The summed E-state index contributed by atoms with van der Waals surface area (Å²) in [5, 5.41) is 3.01. The summed E-state index contributed by atoms with van der Waals surface area (Å²) in [7, 11) is -3.75. The summed E-state index contributed by atoms with van der Waals surface area (Å²) < 4.78 is 27.3. The Bertz CT molecular complexity index is 1060. The third-order valence-electron chi connectivity index (χ3n) is 3.63. The van der Waals surface area contributed by atoms with Crippen LogP contribution in [0.15, 0.2) is 64.4 Å². The summed E-state index contributed by atoms with van der Waals surface area (Å²) in [5.41, 5.74) is 1.17. The average Bonchev–Trinajstić information content (AvgIpc) is 3.02. The van der Waals surface area contributed by atoms with Gasteiger partial charge in [-0.3, -0.25) is 9.52 Å². The van der Waals surface area contributed by atoms with Gasteiger partial charge in [-0.25, -0.2) is 13.4 Å². The van der Waals surface area contributed by atoms with Gasteiger partial charge < -0.3 is 5.32 Å². The zero-order valence-electron chi connectivity index (χ0n) is 14.6. The third-order valence-corrected chi connectivity index (χ3v) is 6.98.